The first kappa shape index (κ1) is 49.6. The van der Waals surface area contributed by atoms with Crippen LogP contribution in [0.15, 0.2) is 29.4 Å². The van der Waals surface area contributed by atoms with E-state index in [0.717, 1.165) is 5.03 Å². The number of carbonyl (C=O) groups is 4. The predicted molar refractivity (Wildman–Crippen MR) is 216 cm³/mol. The molecule has 310 valence electrons. The van der Waals surface area contributed by atoms with Gasteiger partial charge >= 0.3 is 23.9 Å². The summed E-state index contributed by atoms with van der Waals surface area (Å²) in [5.74, 6) is -1.47. The van der Waals surface area contributed by atoms with Gasteiger partial charge in [-0.05, 0) is 125 Å². The third kappa shape index (κ3) is 16.8. The molecule has 0 saturated heterocycles. The summed E-state index contributed by atoms with van der Waals surface area (Å²) in [4.78, 5) is 64.2. The van der Waals surface area contributed by atoms with Crippen molar-refractivity contribution >= 4 is 45.5 Å². The van der Waals surface area contributed by atoms with Crippen LogP contribution in [0.3, 0.4) is 0 Å². The van der Waals surface area contributed by atoms with Crippen molar-refractivity contribution in [2.45, 2.75) is 112 Å². The Morgan fingerprint density at radius 2 is 1.22 bits per heavy atom. The van der Waals surface area contributed by atoms with E-state index in [1.54, 1.807) is 40.8 Å². The van der Waals surface area contributed by atoms with Gasteiger partial charge in [-0.2, -0.15) is 0 Å². The maximum absolute atomic E-state index is 14.4. The van der Waals surface area contributed by atoms with Crippen molar-refractivity contribution in [2.24, 2.45) is 21.7 Å². The van der Waals surface area contributed by atoms with Crippen LogP contribution in [-0.2, 0) is 42.9 Å². The van der Waals surface area contributed by atoms with Gasteiger partial charge in [0, 0.05) is 44.2 Å². The van der Waals surface area contributed by atoms with E-state index in [1.807, 2.05) is 44.1 Å². The lowest BCUT2D eigenvalue weighted by Gasteiger charge is -2.42. The van der Waals surface area contributed by atoms with Gasteiger partial charge < -0.3 is 28.6 Å². The Morgan fingerprint density at radius 1 is 0.704 bits per heavy atom. The van der Waals surface area contributed by atoms with Gasteiger partial charge in [-0.1, -0.05) is 23.8 Å². The summed E-state index contributed by atoms with van der Waals surface area (Å²) < 4.78 is 28.3. The van der Waals surface area contributed by atoms with Crippen molar-refractivity contribution in [1.82, 2.24) is 14.8 Å². The number of hydrogen-bond acceptors (Lipinski definition) is 14. The summed E-state index contributed by atoms with van der Waals surface area (Å²) >= 11 is 0. The van der Waals surface area contributed by atoms with Crippen LogP contribution < -0.4 is 0 Å². The Hall–Kier alpha value is -2.39. The summed E-state index contributed by atoms with van der Waals surface area (Å²) in [5, 5.41) is 0.860. The number of methoxy groups -OCH3 is 1. The van der Waals surface area contributed by atoms with Crippen molar-refractivity contribution in [2.75, 3.05) is 73.1 Å². The zero-order valence-corrected chi connectivity index (χ0v) is 36.9. The SMILES string of the molecule is CCC(C)(CC(C)(CC(C)(CC(C)(C)C(=O)OCCSSc1ccccn1)C(=O)OCCN(C(C)C)C(C)C)C(=O)OCCN(C)C)C(=O)OCCOC. The van der Waals surface area contributed by atoms with Crippen LogP contribution in [-0.4, -0.2) is 124 Å². The second-order valence-electron chi connectivity index (χ2n) is 16.3. The quantitative estimate of drug-likeness (QED) is 0.0393. The molecule has 14 heteroatoms. The van der Waals surface area contributed by atoms with E-state index >= 15 is 0 Å². The molecule has 0 N–H and O–H groups in total. The molecule has 1 aromatic rings. The van der Waals surface area contributed by atoms with Crippen LogP contribution in [0.4, 0.5) is 0 Å². The van der Waals surface area contributed by atoms with Crippen LogP contribution in [0.5, 0.6) is 0 Å². The van der Waals surface area contributed by atoms with Crippen LogP contribution in [0, 0.1) is 21.7 Å². The second kappa shape index (κ2) is 23.6. The van der Waals surface area contributed by atoms with Crippen molar-refractivity contribution < 1.29 is 42.9 Å². The molecule has 0 aliphatic rings. The molecule has 0 aromatic carbocycles. The van der Waals surface area contributed by atoms with E-state index in [9.17, 15) is 19.2 Å². The fourth-order valence-corrected chi connectivity index (χ4v) is 8.51. The number of carbonyl (C=O) groups excluding carboxylic acids is 4. The molecule has 0 saturated carbocycles. The van der Waals surface area contributed by atoms with Gasteiger partial charge in [0.15, 0.2) is 0 Å². The third-order valence-electron chi connectivity index (χ3n) is 9.59. The summed E-state index contributed by atoms with van der Waals surface area (Å²) in [5.41, 5.74) is -4.96. The Morgan fingerprint density at radius 3 is 1.74 bits per heavy atom. The fraction of sp³-hybridized carbons (Fsp3) is 0.775. The molecule has 1 aromatic heterocycles. The first-order valence-corrected chi connectivity index (χ1v) is 21.3. The van der Waals surface area contributed by atoms with Crippen molar-refractivity contribution in [3.8, 4) is 0 Å². The molecule has 0 amide bonds. The number of nitrogens with zero attached hydrogens (tertiary/aromatic N) is 3. The number of esters is 4. The average Bonchev–Trinajstić information content (AvgIpc) is 3.09. The second-order valence-corrected chi connectivity index (χ2v) is 18.7. The van der Waals surface area contributed by atoms with Gasteiger partial charge in [-0.3, -0.25) is 24.1 Å². The van der Waals surface area contributed by atoms with E-state index in [-0.39, 0.29) is 64.4 Å². The summed E-state index contributed by atoms with van der Waals surface area (Å²) in [6, 6.07) is 6.15. The normalized spacial score (nSPS) is 15.4. The maximum Gasteiger partial charge on any atom is 0.311 e. The zero-order valence-electron chi connectivity index (χ0n) is 35.3. The van der Waals surface area contributed by atoms with Crippen molar-refractivity contribution in [3.05, 3.63) is 24.4 Å². The molecule has 0 bridgehead atoms. The van der Waals surface area contributed by atoms with Gasteiger partial charge in [-0.25, -0.2) is 4.98 Å². The first-order chi connectivity index (χ1) is 25.2. The highest BCUT2D eigenvalue weighted by Crippen LogP contribution is 2.49. The van der Waals surface area contributed by atoms with Crippen LogP contribution in [0.1, 0.15) is 94.9 Å². The van der Waals surface area contributed by atoms with Gasteiger partial charge in [0.05, 0.1) is 28.3 Å². The monoisotopic (exact) mass is 799 g/mol. The number of pyridine rings is 1. The molecule has 3 atom stereocenters. The molecule has 0 aliphatic heterocycles. The Balaban J connectivity index is 3.48. The lowest BCUT2D eigenvalue weighted by Crippen LogP contribution is -2.48. The fourth-order valence-electron chi connectivity index (χ4n) is 6.80. The summed E-state index contributed by atoms with van der Waals surface area (Å²) in [6.45, 7) is 20.7. The Labute approximate surface area is 333 Å². The summed E-state index contributed by atoms with van der Waals surface area (Å²) in [7, 11) is 8.31. The number of rotatable bonds is 27. The molecule has 3 unspecified atom stereocenters. The number of ether oxygens (including phenoxy) is 5. The number of likely N-dealkylation sites (N-methyl/N-ethyl adjacent to an activating group) is 1. The number of aromatic nitrogens is 1. The van der Waals surface area contributed by atoms with Gasteiger partial charge in [0.1, 0.15) is 31.5 Å². The standard InChI is InChI=1S/C40H69N3O9S2/c1-14-38(8,34(45)51-24-23-48-13)28-40(10,36(47)49-21-19-42(11)12)29-39(9,35(46)50-22-20-43(30(2)3)31(4)5)27-37(6,7)33(44)52-25-26-53-54-32-17-15-16-18-41-32/h15-18,30-31H,14,19-29H2,1-13H3. The number of hydrogen-bond donors (Lipinski definition) is 0. The topological polar surface area (TPSA) is 134 Å². The molecule has 0 aliphatic carbocycles. The van der Waals surface area contributed by atoms with E-state index in [4.69, 9.17) is 23.7 Å². The molecular formula is C40H69N3O9S2. The van der Waals surface area contributed by atoms with Crippen LogP contribution >= 0.6 is 21.6 Å². The minimum Gasteiger partial charge on any atom is -0.464 e. The maximum atomic E-state index is 14.4. The highest BCUT2D eigenvalue weighted by Gasteiger charge is 2.53. The molecule has 54 heavy (non-hydrogen) atoms. The molecule has 0 spiro atoms. The third-order valence-corrected chi connectivity index (χ3v) is 11.8. The lowest BCUT2D eigenvalue weighted by atomic mass is 9.61. The Bertz CT molecular complexity index is 1290. The Kier molecular flexibility index (Phi) is 21.7. The van der Waals surface area contributed by atoms with Crippen LogP contribution in [0.25, 0.3) is 0 Å². The molecule has 1 rings (SSSR count). The average molecular weight is 800 g/mol. The first-order valence-electron chi connectivity index (χ1n) is 18.9. The van der Waals surface area contributed by atoms with Gasteiger partial charge in [0.2, 0.25) is 0 Å². The van der Waals surface area contributed by atoms with E-state index < -0.39 is 45.5 Å². The van der Waals surface area contributed by atoms with Crippen molar-refractivity contribution in [1.29, 1.82) is 0 Å². The van der Waals surface area contributed by atoms with Gasteiger partial charge in [0.25, 0.3) is 0 Å². The molecule has 1 heterocycles. The molecule has 0 radical (unpaired) electrons. The molecule has 0 fully saturated rings. The minimum atomic E-state index is -1.36. The highest BCUT2D eigenvalue weighted by molar-refractivity contribution is 8.76. The largest absolute Gasteiger partial charge is 0.464 e. The lowest BCUT2D eigenvalue weighted by molar-refractivity contribution is -0.172. The van der Waals surface area contributed by atoms with Crippen molar-refractivity contribution in [3.63, 3.8) is 0 Å². The van der Waals surface area contributed by atoms with E-state index in [1.165, 1.54) is 28.7 Å². The van der Waals surface area contributed by atoms with Gasteiger partial charge in [-0.15, -0.1) is 0 Å². The summed E-state index contributed by atoms with van der Waals surface area (Å²) in [6.07, 6.45) is 2.11. The zero-order chi connectivity index (χ0) is 41.2. The smallest absolute Gasteiger partial charge is 0.311 e. The van der Waals surface area contributed by atoms with Crippen LogP contribution in [0.2, 0.25) is 0 Å². The molecular weight excluding hydrogens is 731 g/mol. The highest BCUT2D eigenvalue weighted by atomic mass is 33.1. The minimum absolute atomic E-state index is 0.0211. The predicted octanol–water partition coefficient (Wildman–Crippen LogP) is 6.95. The molecule has 12 nitrogen and oxygen atoms in total. The van der Waals surface area contributed by atoms with E-state index in [0.29, 0.717) is 25.3 Å². The van der Waals surface area contributed by atoms with E-state index in [2.05, 4.69) is 37.6 Å².